The Morgan fingerprint density at radius 2 is 1.69 bits per heavy atom. The van der Waals surface area contributed by atoms with Crippen LogP contribution < -0.4 is 14.8 Å². The van der Waals surface area contributed by atoms with Crippen LogP contribution in [-0.4, -0.2) is 35.7 Å². The van der Waals surface area contributed by atoms with E-state index in [1.54, 1.807) is 6.92 Å². The zero-order valence-corrected chi connectivity index (χ0v) is 20.4. The fourth-order valence-corrected chi connectivity index (χ4v) is 4.54. The molecule has 0 saturated carbocycles. The number of rotatable bonds is 6. The van der Waals surface area contributed by atoms with Crippen LogP contribution in [0.15, 0.2) is 65.7 Å². The molecule has 0 spiro atoms. The molecule has 0 aliphatic carbocycles. The Kier molecular flexibility index (Phi) is 7.27. The number of anilines is 1. The number of ether oxygens (including phenoxy) is 1. The Labute approximate surface area is 216 Å². The molecule has 2 aromatic heterocycles. The SMILES string of the molecule is CCNS(=O)(=O)c1cccc(NC(=O)Oc2cnn3c(C(F)(F)F)cc(-c4ccc(C(F)(F)F)cc4)nc23)c1. The lowest BCUT2D eigenvalue weighted by atomic mass is 10.1. The summed E-state index contributed by atoms with van der Waals surface area (Å²) in [6, 6.07) is 9.03. The van der Waals surface area contributed by atoms with Gasteiger partial charge in [0, 0.05) is 17.8 Å². The Balaban J connectivity index is 1.67. The number of halogens is 6. The third-order valence-corrected chi connectivity index (χ3v) is 6.71. The molecule has 9 nitrogen and oxygen atoms in total. The largest absolute Gasteiger partial charge is 0.433 e. The van der Waals surface area contributed by atoms with Gasteiger partial charge in [-0.15, -0.1) is 0 Å². The second-order valence-electron chi connectivity index (χ2n) is 7.89. The molecule has 39 heavy (non-hydrogen) atoms. The summed E-state index contributed by atoms with van der Waals surface area (Å²) in [7, 11) is -3.84. The molecule has 0 unspecified atom stereocenters. The number of hydrogen-bond donors (Lipinski definition) is 2. The number of sulfonamides is 1. The first-order chi connectivity index (χ1) is 18.2. The van der Waals surface area contributed by atoms with E-state index in [-0.39, 0.29) is 28.4 Å². The number of benzene rings is 2. The van der Waals surface area contributed by atoms with Crippen LogP contribution in [0.4, 0.5) is 36.8 Å². The highest BCUT2D eigenvalue weighted by Crippen LogP contribution is 2.35. The molecule has 2 heterocycles. The van der Waals surface area contributed by atoms with Crippen molar-refractivity contribution in [2.45, 2.75) is 24.2 Å². The fraction of sp³-hybridized carbons (Fsp3) is 0.174. The van der Waals surface area contributed by atoms with E-state index in [4.69, 9.17) is 4.74 Å². The minimum absolute atomic E-state index is 0.00448. The Morgan fingerprint density at radius 1 is 1.00 bits per heavy atom. The number of aromatic nitrogens is 3. The van der Waals surface area contributed by atoms with Crippen molar-refractivity contribution < 1.29 is 44.3 Å². The summed E-state index contributed by atoms with van der Waals surface area (Å²) in [4.78, 5) is 16.4. The molecule has 1 amide bonds. The third-order valence-electron chi connectivity index (χ3n) is 5.17. The van der Waals surface area contributed by atoms with E-state index >= 15 is 0 Å². The van der Waals surface area contributed by atoms with Gasteiger partial charge in [-0.05, 0) is 36.4 Å². The Morgan fingerprint density at radius 3 is 2.31 bits per heavy atom. The second kappa shape index (κ2) is 10.2. The standard InChI is InChI=1S/C23H17F6N5O4S/c1-2-31-39(36,37)16-5-3-4-15(10-16)32-21(35)38-18-12-30-34-19(23(27,28)29)11-17(33-20(18)34)13-6-8-14(9-7-13)22(24,25)26/h3-12,31H,2H2,1H3,(H,32,35). The van der Waals surface area contributed by atoms with E-state index in [9.17, 15) is 39.6 Å². The number of carbonyl (C=O) groups excluding carboxylic acids is 1. The number of amides is 1. The minimum Gasteiger partial charge on any atom is -0.404 e. The molecule has 4 aromatic rings. The smallest absolute Gasteiger partial charge is 0.404 e. The van der Waals surface area contributed by atoms with Gasteiger partial charge in [0.2, 0.25) is 10.0 Å². The molecule has 16 heteroatoms. The zero-order valence-electron chi connectivity index (χ0n) is 19.6. The summed E-state index contributed by atoms with van der Waals surface area (Å²) in [5, 5.41) is 5.85. The van der Waals surface area contributed by atoms with E-state index in [2.05, 4.69) is 20.1 Å². The molecule has 0 radical (unpaired) electrons. The molecular weight excluding hydrogens is 556 g/mol. The highest BCUT2D eigenvalue weighted by atomic mass is 32.2. The predicted molar refractivity (Wildman–Crippen MR) is 125 cm³/mol. The van der Waals surface area contributed by atoms with Gasteiger partial charge in [0.15, 0.2) is 17.1 Å². The zero-order chi connectivity index (χ0) is 28.6. The number of fused-ring (bicyclic) bond motifs is 1. The minimum atomic E-state index is -4.95. The Hall–Kier alpha value is -4.18. The van der Waals surface area contributed by atoms with E-state index < -0.39 is 51.1 Å². The number of nitrogens with zero attached hydrogens (tertiary/aromatic N) is 3. The molecule has 0 aliphatic heterocycles. The first-order valence-corrected chi connectivity index (χ1v) is 12.4. The van der Waals surface area contributed by atoms with Crippen LogP contribution >= 0.6 is 0 Å². The summed E-state index contributed by atoms with van der Waals surface area (Å²) >= 11 is 0. The lowest BCUT2D eigenvalue weighted by Gasteiger charge is -2.12. The van der Waals surface area contributed by atoms with Gasteiger partial charge in [-0.3, -0.25) is 5.32 Å². The van der Waals surface area contributed by atoms with Gasteiger partial charge in [0.05, 0.1) is 22.3 Å². The van der Waals surface area contributed by atoms with Crippen molar-refractivity contribution in [3.63, 3.8) is 0 Å². The van der Waals surface area contributed by atoms with Crippen molar-refractivity contribution in [3.8, 4) is 17.0 Å². The first-order valence-electron chi connectivity index (χ1n) is 10.9. The van der Waals surface area contributed by atoms with Gasteiger partial charge in [-0.2, -0.15) is 31.4 Å². The summed E-state index contributed by atoms with van der Waals surface area (Å²) in [5.74, 6) is -0.497. The van der Waals surface area contributed by atoms with E-state index in [0.717, 1.165) is 24.4 Å². The third kappa shape index (κ3) is 6.12. The van der Waals surface area contributed by atoms with Gasteiger partial charge in [0.1, 0.15) is 0 Å². The maximum Gasteiger partial charge on any atom is 0.433 e. The number of nitrogens with one attached hydrogen (secondary N) is 2. The summed E-state index contributed by atoms with van der Waals surface area (Å²) in [6.07, 6.45) is -9.99. The quantitative estimate of drug-likeness (QED) is 0.301. The van der Waals surface area contributed by atoms with Crippen LogP contribution in [0.5, 0.6) is 5.75 Å². The van der Waals surface area contributed by atoms with Crippen LogP contribution in [0.3, 0.4) is 0 Å². The van der Waals surface area contributed by atoms with Gasteiger partial charge < -0.3 is 4.74 Å². The summed E-state index contributed by atoms with van der Waals surface area (Å²) in [6.45, 7) is 1.70. The van der Waals surface area contributed by atoms with Crippen molar-refractivity contribution >= 4 is 27.5 Å². The molecule has 4 rings (SSSR count). The molecule has 0 saturated heterocycles. The van der Waals surface area contributed by atoms with E-state index in [1.807, 2.05) is 0 Å². The highest BCUT2D eigenvalue weighted by molar-refractivity contribution is 7.89. The molecular formula is C23H17F6N5O4S. The van der Waals surface area contributed by atoms with Crippen molar-refractivity contribution in [1.29, 1.82) is 0 Å². The van der Waals surface area contributed by atoms with Gasteiger partial charge in [-0.1, -0.05) is 25.1 Å². The van der Waals surface area contributed by atoms with Crippen molar-refractivity contribution in [1.82, 2.24) is 19.3 Å². The molecule has 2 N–H and O–H groups in total. The van der Waals surface area contributed by atoms with Gasteiger partial charge in [0.25, 0.3) is 0 Å². The molecule has 0 fully saturated rings. The topological polar surface area (TPSA) is 115 Å². The summed E-state index contributed by atoms with van der Waals surface area (Å²) < 4.78 is 112. The van der Waals surface area contributed by atoms with Crippen LogP contribution in [0, 0.1) is 0 Å². The molecule has 2 aromatic carbocycles. The van der Waals surface area contributed by atoms with Crippen LogP contribution in [0.2, 0.25) is 0 Å². The summed E-state index contributed by atoms with van der Waals surface area (Å²) in [5.41, 5.74) is -3.28. The maximum absolute atomic E-state index is 13.8. The number of alkyl halides is 6. The van der Waals surface area contributed by atoms with Crippen LogP contribution in [0.1, 0.15) is 18.2 Å². The Bertz CT molecular complexity index is 1630. The molecule has 206 valence electrons. The fourth-order valence-electron chi connectivity index (χ4n) is 3.45. The number of hydrogen-bond acceptors (Lipinski definition) is 6. The van der Waals surface area contributed by atoms with Gasteiger partial charge in [-0.25, -0.2) is 27.4 Å². The average Bonchev–Trinajstić information content (AvgIpc) is 3.25. The normalized spacial score (nSPS) is 12.5. The first kappa shape index (κ1) is 27.8. The highest BCUT2D eigenvalue weighted by Gasteiger charge is 2.36. The monoisotopic (exact) mass is 573 g/mol. The lowest BCUT2D eigenvalue weighted by Crippen LogP contribution is -2.23. The maximum atomic E-state index is 13.8. The lowest BCUT2D eigenvalue weighted by molar-refractivity contribution is -0.142. The van der Waals surface area contributed by atoms with Crippen molar-refractivity contribution in [2.75, 3.05) is 11.9 Å². The van der Waals surface area contributed by atoms with Crippen molar-refractivity contribution in [2.24, 2.45) is 0 Å². The second-order valence-corrected chi connectivity index (χ2v) is 9.65. The van der Waals surface area contributed by atoms with Gasteiger partial charge >= 0.3 is 18.4 Å². The molecule has 0 atom stereocenters. The predicted octanol–water partition coefficient (Wildman–Crippen LogP) is 5.34. The van der Waals surface area contributed by atoms with Crippen molar-refractivity contribution in [3.05, 3.63) is 72.1 Å². The molecule has 0 aliphatic rings. The molecule has 0 bridgehead atoms. The van der Waals surface area contributed by atoms with E-state index in [1.165, 1.54) is 18.2 Å². The average molecular weight is 573 g/mol. The van der Waals surface area contributed by atoms with E-state index in [0.29, 0.717) is 22.7 Å². The number of carbonyl (C=O) groups is 1. The van der Waals surface area contributed by atoms with Crippen LogP contribution in [-0.2, 0) is 22.4 Å². The van der Waals surface area contributed by atoms with Crippen LogP contribution in [0.25, 0.3) is 16.9 Å².